The molecular weight excluding hydrogens is 279 g/mol. The van der Waals surface area contributed by atoms with Gasteiger partial charge >= 0.3 is 6.18 Å². The van der Waals surface area contributed by atoms with Crippen molar-refractivity contribution in [1.82, 2.24) is 0 Å². The van der Waals surface area contributed by atoms with Gasteiger partial charge in [-0.05, 0) is 39.0 Å². The number of ether oxygens (including phenoxy) is 1. The van der Waals surface area contributed by atoms with Crippen LogP contribution in [0.3, 0.4) is 0 Å². The van der Waals surface area contributed by atoms with Gasteiger partial charge in [-0.3, -0.25) is 0 Å². The summed E-state index contributed by atoms with van der Waals surface area (Å²) in [6.45, 7) is 6.27. The molecule has 1 aromatic rings. The lowest BCUT2D eigenvalue weighted by Gasteiger charge is -2.20. The zero-order valence-electron chi connectivity index (χ0n) is 11.1. The number of rotatable bonds is 4. The predicted octanol–water partition coefficient (Wildman–Crippen LogP) is 4.59. The molecule has 0 saturated heterocycles. The molecule has 0 amide bonds. The Bertz CT molecular complexity index is 427. The second kappa shape index (κ2) is 6.01. The first-order chi connectivity index (χ1) is 8.59. The van der Waals surface area contributed by atoms with Crippen LogP contribution in [0.4, 0.5) is 18.9 Å². The zero-order chi connectivity index (χ0) is 14.7. The van der Waals surface area contributed by atoms with Crippen LogP contribution in [-0.4, -0.2) is 18.8 Å². The monoisotopic (exact) mass is 295 g/mol. The van der Waals surface area contributed by atoms with Crippen LogP contribution in [-0.2, 0) is 10.9 Å². The molecule has 0 atom stereocenters. The Labute approximate surface area is 115 Å². The van der Waals surface area contributed by atoms with E-state index in [1.165, 1.54) is 12.1 Å². The standard InChI is InChI=1S/C13H17ClF3NO/c1-12(2,3)19-7-6-18-11-5-4-9(14)8-10(11)13(15,16)17/h4-5,8,18H,6-7H2,1-3H3. The third kappa shape index (κ3) is 5.70. The summed E-state index contributed by atoms with van der Waals surface area (Å²) in [6, 6.07) is 3.65. The van der Waals surface area contributed by atoms with E-state index in [2.05, 4.69) is 5.32 Å². The number of anilines is 1. The summed E-state index contributed by atoms with van der Waals surface area (Å²) in [7, 11) is 0. The highest BCUT2D eigenvalue weighted by Gasteiger charge is 2.33. The maximum absolute atomic E-state index is 12.8. The first-order valence-electron chi connectivity index (χ1n) is 5.84. The van der Waals surface area contributed by atoms with Crippen molar-refractivity contribution in [1.29, 1.82) is 0 Å². The topological polar surface area (TPSA) is 21.3 Å². The molecule has 0 spiro atoms. The number of alkyl halides is 3. The van der Waals surface area contributed by atoms with E-state index >= 15 is 0 Å². The first kappa shape index (κ1) is 16.1. The van der Waals surface area contributed by atoms with E-state index in [1.807, 2.05) is 20.8 Å². The highest BCUT2D eigenvalue weighted by atomic mass is 35.5. The molecule has 0 unspecified atom stereocenters. The normalized spacial score (nSPS) is 12.6. The van der Waals surface area contributed by atoms with Gasteiger partial charge in [-0.15, -0.1) is 0 Å². The van der Waals surface area contributed by atoms with Crippen molar-refractivity contribution >= 4 is 17.3 Å². The number of hydrogen-bond acceptors (Lipinski definition) is 2. The maximum Gasteiger partial charge on any atom is 0.418 e. The third-order valence-electron chi connectivity index (χ3n) is 2.24. The predicted molar refractivity (Wildman–Crippen MR) is 70.6 cm³/mol. The summed E-state index contributed by atoms with van der Waals surface area (Å²) in [5.41, 5.74) is -1.07. The molecule has 0 aromatic heterocycles. The molecule has 0 saturated carbocycles. The SMILES string of the molecule is CC(C)(C)OCCNc1ccc(Cl)cc1C(F)(F)F. The molecule has 0 heterocycles. The second-order valence-corrected chi connectivity index (χ2v) is 5.51. The lowest BCUT2D eigenvalue weighted by molar-refractivity contribution is -0.137. The van der Waals surface area contributed by atoms with Crippen LogP contribution in [0, 0.1) is 0 Å². The number of nitrogens with one attached hydrogen (secondary N) is 1. The summed E-state index contributed by atoms with van der Waals surface area (Å²) >= 11 is 5.59. The average Bonchev–Trinajstić information content (AvgIpc) is 2.23. The van der Waals surface area contributed by atoms with Gasteiger partial charge < -0.3 is 10.1 Å². The highest BCUT2D eigenvalue weighted by Crippen LogP contribution is 2.36. The molecule has 2 nitrogen and oxygen atoms in total. The quantitative estimate of drug-likeness (QED) is 0.821. The molecule has 0 radical (unpaired) electrons. The largest absolute Gasteiger partial charge is 0.418 e. The van der Waals surface area contributed by atoms with Gasteiger partial charge in [0.05, 0.1) is 17.8 Å². The van der Waals surface area contributed by atoms with Gasteiger partial charge in [0.15, 0.2) is 0 Å². The fraction of sp³-hybridized carbons (Fsp3) is 0.538. The minimum Gasteiger partial charge on any atom is -0.382 e. The molecule has 1 aromatic carbocycles. The fourth-order valence-corrected chi connectivity index (χ4v) is 1.62. The Balaban J connectivity index is 2.68. The van der Waals surface area contributed by atoms with Gasteiger partial charge in [-0.1, -0.05) is 11.6 Å². The van der Waals surface area contributed by atoms with Crippen LogP contribution in [0.15, 0.2) is 18.2 Å². The van der Waals surface area contributed by atoms with Crippen molar-refractivity contribution in [2.45, 2.75) is 32.5 Å². The summed E-state index contributed by atoms with van der Waals surface area (Å²) in [5.74, 6) is 0. The molecule has 1 N–H and O–H groups in total. The second-order valence-electron chi connectivity index (χ2n) is 5.08. The Hall–Kier alpha value is -0.940. The lowest BCUT2D eigenvalue weighted by atomic mass is 10.1. The molecule has 108 valence electrons. The molecule has 0 fully saturated rings. The van der Waals surface area contributed by atoms with Crippen LogP contribution in [0.25, 0.3) is 0 Å². The van der Waals surface area contributed by atoms with Crippen LogP contribution >= 0.6 is 11.6 Å². The lowest BCUT2D eigenvalue weighted by Crippen LogP contribution is -2.23. The Morgan fingerprint density at radius 3 is 2.37 bits per heavy atom. The summed E-state index contributed by atoms with van der Waals surface area (Å²) in [6.07, 6.45) is -4.43. The van der Waals surface area contributed by atoms with E-state index in [0.29, 0.717) is 13.2 Å². The smallest absolute Gasteiger partial charge is 0.382 e. The first-order valence-corrected chi connectivity index (χ1v) is 6.22. The van der Waals surface area contributed by atoms with Crippen LogP contribution < -0.4 is 5.32 Å². The van der Waals surface area contributed by atoms with E-state index in [1.54, 1.807) is 0 Å². The summed E-state index contributed by atoms with van der Waals surface area (Å²) in [5, 5.41) is 2.78. The van der Waals surface area contributed by atoms with Crippen molar-refractivity contribution in [2.75, 3.05) is 18.5 Å². The molecule has 0 aliphatic rings. The molecular formula is C13H17ClF3NO. The minimum atomic E-state index is -4.43. The minimum absolute atomic E-state index is 0.00871. The van der Waals surface area contributed by atoms with Gasteiger partial charge in [0.2, 0.25) is 0 Å². The van der Waals surface area contributed by atoms with Gasteiger partial charge in [0.1, 0.15) is 0 Å². The van der Waals surface area contributed by atoms with E-state index in [4.69, 9.17) is 16.3 Å². The average molecular weight is 296 g/mol. The van der Waals surface area contributed by atoms with Gasteiger partial charge in [0.25, 0.3) is 0 Å². The van der Waals surface area contributed by atoms with Gasteiger partial charge in [-0.25, -0.2) is 0 Å². The van der Waals surface area contributed by atoms with Crippen LogP contribution in [0.1, 0.15) is 26.3 Å². The maximum atomic E-state index is 12.8. The van der Waals surface area contributed by atoms with Gasteiger partial charge in [-0.2, -0.15) is 13.2 Å². The summed E-state index contributed by atoms with van der Waals surface area (Å²) in [4.78, 5) is 0. The fourth-order valence-electron chi connectivity index (χ4n) is 1.45. The van der Waals surface area contributed by atoms with E-state index in [0.717, 1.165) is 6.07 Å². The third-order valence-corrected chi connectivity index (χ3v) is 2.47. The van der Waals surface area contributed by atoms with E-state index in [9.17, 15) is 13.2 Å². The van der Waals surface area contributed by atoms with E-state index in [-0.39, 0.29) is 16.3 Å². The highest BCUT2D eigenvalue weighted by molar-refractivity contribution is 6.30. The van der Waals surface area contributed by atoms with E-state index < -0.39 is 11.7 Å². The van der Waals surface area contributed by atoms with Crippen LogP contribution in [0.2, 0.25) is 5.02 Å². The van der Waals surface area contributed by atoms with Crippen LogP contribution in [0.5, 0.6) is 0 Å². The zero-order valence-corrected chi connectivity index (χ0v) is 11.8. The molecule has 1 rings (SSSR count). The van der Waals surface area contributed by atoms with Crippen molar-refractivity contribution < 1.29 is 17.9 Å². The number of benzene rings is 1. The molecule has 0 aliphatic carbocycles. The Kier molecular flexibility index (Phi) is 5.10. The summed E-state index contributed by atoms with van der Waals surface area (Å²) < 4.78 is 43.8. The Morgan fingerprint density at radius 2 is 1.84 bits per heavy atom. The number of halogens is 4. The van der Waals surface area contributed by atoms with Gasteiger partial charge in [0, 0.05) is 17.3 Å². The molecule has 0 bridgehead atoms. The number of hydrogen-bond donors (Lipinski definition) is 1. The molecule has 19 heavy (non-hydrogen) atoms. The Morgan fingerprint density at radius 1 is 1.21 bits per heavy atom. The molecule has 0 aliphatic heterocycles. The molecule has 6 heteroatoms. The van der Waals surface area contributed by atoms with Crippen molar-refractivity contribution in [3.8, 4) is 0 Å². The van der Waals surface area contributed by atoms with Crippen molar-refractivity contribution in [3.05, 3.63) is 28.8 Å². The van der Waals surface area contributed by atoms with Crippen molar-refractivity contribution in [2.24, 2.45) is 0 Å². The van der Waals surface area contributed by atoms with Crippen molar-refractivity contribution in [3.63, 3.8) is 0 Å².